The van der Waals surface area contributed by atoms with Gasteiger partial charge in [0.1, 0.15) is 12.4 Å². The summed E-state index contributed by atoms with van der Waals surface area (Å²) in [6.07, 6.45) is -0.458. The molecule has 128 valence electrons. The molecule has 0 spiro atoms. The molecule has 4 heteroatoms. The zero-order chi connectivity index (χ0) is 16.9. The SMILES string of the molecule is Cc1cc(OC[C@H](C)O)ccc1N1CCNC[C@H]1c1ccccc1. The van der Waals surface area contributed by atoms with Crippen LogP contribution < -0.4 is 15.0 Å². The smallest absolute Gasteiger partial charge is 0.119 e. The van der Waals surface area contributed by atoms with E-state index in [4.69, 9.17) is 4.74 Å². The van der Waals surface area contributed by atoms with E-state index in [9.17, 15) is 5.11 Å². The summed E-state index contributed by atoms with van der Waals surface area (Å²) in [5.74, 6) is 0.809. The van der Waals surface area contributed by atoms with Gasteiger partial charge in [-0.1, -0.05) is 30.3 Å². The van der Waals surface area contributed by atoms with E-state index in [-0.39, 0.29) is 0 Å². The van der Waals surface area contributed by atoms with E-state index in [0.29, 0.717) is 12.6 Å². The second-order valence-electron chi connectivity index (χ2n) is 6.43. The van der Waals surface area contributed by atoms with Crippen LogP contribution in [0.1, 0.15) is 24.1 Å². The standard InChI is InChI=1S/C20H26N2O2/c1-15-12-18(24-14-16(2)23)8-9-19(15)22-11-10-21-13-20(22)17-6-4-3-5-7-17/h3-9,12,16,20-21,23H,10-11,13-14H2,1-2H3/t16-,20-/m0/s1. The van der Waals surface area contributed by atoms with Crippen LogP contribution in [0.5, 0.6) is 5.75 Å². The number of aliphatic hydroxyl groups excluding tert-OH is 1. The fourth-order valence-electron chi connectivity index (χ4n) is 3.22. The van der Waals surface area contributed by atoms with E-state index in [1.165, 1.54) is 16.8 Å². The first kappa shape index (κ1) is 16.8. The molecule has 0 bridgehead atoms. The molecule has 24 heavy (non-hydrogen) atoms. The van der Waals surface area contributed by atoms with Gasteiger partial charge >= 0.3 is 0 Å². The molecule has 2 aromatic rings. The maximum atomic E-state index is 9.36. The van der Waals surface area contributed by atoms with Gasteiger partial charge in [0.2, 0.25) is 0 Å². The Morgan fingerprint density at radius 1 is 1.25 bits per heavy atom. The van der Waals surface area contributed by atoms with Crippen LogP contribution >= 0.6 is 0 Å². The largest absolute Gasteiger partial charge is 0.491 e. The number of nitrogens with zero attached hydrogens (tertiary/aromatic N) is 1. The first-order chi connectivity index (χ1) is 11.6. The number of hydrogen-bond donors (Lipinski definition) is 2. The number of aryl methyl sites for hydroxylation is 1. The maximum absolute atomic E-state index is 9.36. The highest BCUT2D eigenvalue weighted by Crippen LogP contribution is 2.32. The van der Waals surface area contributed by atoms with Crippen molar-refractivity contribution in [1.82, 2.24) is 5.32 Å². The summed E-state index contributed by atoms with van der Waals surface area (Å²) >= 11 is 0. The average Bonchev–Trinajstić information content (AvgIpc) is 2.61. The van der Waals surface area contributed by atoms with Gasteiger partial charge in [0, 0.05) is 25.3 Å². The van der Waals surface area contributed by atoms with Crippen LogP contribution in [0.2, 0.25) is 0 Å². The van der Waals surface area contributed by atoms with Gasteiger partial charge < -0.3 is 20.1 Å². The molecule has 0 amide bonds. The third kappa shape index (κ3) is 3.89. The Kier molecular flexibility index (Phi) is 5.38. The van der Waals surface area contributed by atoms with E-state index < -0.39 is 6.10 Å². The minimum Gasteiger partial charge on any atom is -0.491 e. The lowest BCUT2D eigenvalue weighted by atomic mass is 10.0. The summed E-state index contributed by atoms with van der Waals surface area (Å²) in [5.41, 5.74) is 3.77. The van der Waals surface area contributed by atoms with Crippen LogP contribution in [0.15, 0.2) is 48.5 Å². The molecule has 4 nitrogen and oxygen atoms in total. The number of piperazine rings is 1. The van der Waals surface area contributed by atoms with Gasteiger partial charge in [-0.3, -0.25) is 0 Å². The molecule has 0 aromatic heterocycles. The Morgan fingerprint density at radius 3 is 2.75 bits per heavy atom. The summed E-state index contributed by atoms with van der Waals surface area (Å²) in [4.78, 5) is 2.47. The Balaban J connectivity index is 1.83. The molecule has 2 aromatic carbocycles. The number of rotatable bonds is 5. The number of aliphatic hydroxyl groups is 1. The van der Waals surface area contributed by atoms with Crippen molar-refractivity contribution >= 4 is 5.69 Å². The number of benzene rings is 2. The first-order valence-electron chi connectivity index (χ1n) is 8.59. The number of anilines is 1. The summed E-state index contributed by atoms with van der Waals surface area (Å²) in [6.45, 7) is 7.08. The van der Waals surface area contributed by atoms with E-state index >= 15 is 0 Å². The van der Waals surface area contributed by atoms with Crippen molar-refractivity contribution < 1.29 is 9.84 Å². The average molecular weight is 326 g/mol. The van der Waals surface area contributed by atoms with Gasteiger partial charge in [-0.15, -0.1) is 0 Å². The lowest BCUT2D eigenvalue weighted by Gasteiger charge is -2.39. The normalized spacial score (nSPS) is 19.1. The molecule has 1 heterocycles. The van der Waals surface area contributed by atoms with E-state index in [1.54, 1.807) is 6.92 Å². The topological polar surface area (TPSA) is 44.7 Å². The van der Waals surface area contributed by atoms with Gasteiger partial charge in [0.25, 0.3) is 0 Å². The van der Waals surface area contributed by atoms with Crippen LogP contribution in [0, 0.1) is 6.92 Å². The molecule has 2 atom stereocenters. The molecule has 0 unspecified atom stereocenters. The highest BCUT2D eigenvalue weighted by atomic mass is 16.5. The maximum Gasteiger partial charge on any atom is 0.119 e. The second kappa shape index (κ2) is 7.69. The van der Waals surface area contributed by atoms with Crippen molar-refractivity contribution in [2.75, 3.05) is 31.1 Å². The van der Waals surface area contributed by atoms with Gasteiger partial charge in [0.05, 0.1) is 12.1 Å². The van der Waals surface area contributed by atoms with Gasteiger partial charge in [0.15, 0.2) is 0 Å². The van der Waals surface area contributed by atoms with E-state index in [0.717, 1.165) is 25.4 Å². The molecule has 1 aliphatic rings. The van der Waals surface area contributed by atoms with Crippen molar-refractivity contribution in [3.63, 3.8) is 0 Å². The highest BCUT2D eigenvalue weighted by Gasteiger charge is 2.25. The molecule has 0 saturated carbocycles. The fourth-order valence-corrected chi connectivity index (χ4v) is 3.22. The van der Waals surface area contributed by atoms with Gasteiger partial charge in [-0.2, -0.15) is 0 Å². The lowest BCUT2D eigenvalue weighted by molar-refractivity contribution is 0.122. The lowest BCUT2D eigenvalue weighted by Crippen LogP contribution is -2.46. The first-order valence-corrected chi connectivity index (χ1v) is 8.59. The van der Waals surface area contributed by atoms with Crippen LogP contribution in [0.4, 0.5) is 5.69 Å². The van der Waals surface area contributed by atoms with Gasteiger partial charge in [-0.25, -0.2) is 0 Å². The van der Waals surface area contributed by atoms with Crippen LogP contribution in [0.25, 0.3) is 0 Å². The minimum atomic E-state index is -0.458. The highest BCUT2D eigenvalue weighted by molar-refractivity contribution is 5.58. The van der Waals surface area contributed by atoms with E-state index in [2.05, 4.69) is 59.6 Å². The number of nitrogens with one attached hydrogen (secondary N) is 1. The van der Waals surface area contributed by atoms with Gasteiger partial charge in [-0.05, 0) is 43.2 Å². The zero-order valence-corrected chi connectivity index (χ0v) is 14.4. The summed E-state index contributed by atoms with van der Waals surface area (Å²) in [7, 11) is 0. The molecular formula is C20H26N2O2. The van der Waals surface area contributed by atoms with Crippen molar-refractivity contribution in [3.05, 3.63) is 59.7 Å². The monoisotopic (exact) mass is 326 g/mol. The summed E-state index contributed by atoms with van der Waals surface area (Å²) in [6, 6.07) is 17.2. The molecule has 1 saturated heterocycles. The Hall–Kier alpha value is -2.04. The van der Waals surface area contributed by atoms with E-state index in [1.807, 2.05) is 6.07 Å². The molecular weight excluding hydrogens is 300 g/mol. The predicted octanol–water partition coefficient (Wildman–Crippen LogP) is 2.91. The third-order valence-electron chi connectivity index (χ3n) is 4.40. The van der Waals surface area contributed by atoms with Crippen LogP contribution in [0.3, 0.4) is 0 Å². The van der Waals surface area contributed by atoms with Crippen molar-refractivity contribution in [2.24, 2.45) is 0 Å². The van der Waals surface area contributed by atoms with Crippen LogP contribution in [-0.2, 0) is 0 Å². The predicted molar refractivity (Wildman–Crippen MR) is 97.8 cm³/mol. The fraction of sp³-hybridized carbons (Fsp3) is 0.400. The van der Waals surface area contributed by atoms with Crippen molar-refractivity contribution in [2.45, 2.75) is 26.0 Å². The molecule has 0 aliphatic carbocycles. The molecule has 2 N–H and O–H groups in total. The Morgan fingerprint density at radius 2 is 2.04 bits per heavy atom. The number of hydrogen-bond acceptors (Lipinski definition) is 4. The quantitative estimate of drug-likeness (QED) is 0.887. The zero-order valence-electron chi connectivity index (χ0n) is 14.4. The van der Waals surface area contributed by atoms with Crippen molar-refractivity contribution in [3.8, 4) is 5.75 Å². The molecule has 3 rings (SSSR count). The van der Waals surface area contributed by atoms with Crippen LogP contribution in [-0.4, -0.2) is 37.5 Å². The second-order valence-corrected chi connectivity index (χ2v) is 6.43. The Labute approximate surface area is 144 Å². The summed E-state index contributed by atoms with van der Waals surface area (Å²) < 4.78 is 5.62. The van der Waals surface area contributed by atoms with Crippen molar-refractivity contribution in [1.29, 1.82) is 0 Å². The molecule has 1 fully saturated rings. The molecule has 1 aliphatic heterocycles. The Bertz CT molecular complexity index is 658. The molecule has 0 radical (unpaired) electrons. The third-order valence-corrected chi connectivity index (χ3v) is 4.40. The minimum absolute atomic E-state index is 0.319. The summed E-state index contributed by atoms with van der Waals surface area (Å²) in [5, 5.41) is 12.9. The number of ether oxygens (including phenoxy) is 1.